The Morgan fingerprint density at radius 3 is 2.11 bits per heavy atom. The van der Waals surface area contributed by atoms with Crippen LogP contribution in [0.3, 0.4) is 0 Å². The zero-order valence-electron chi connectivity index (χ0n) is 12.2. The lowest BCUT2D eigenvalue weighted by molar-refractivity contribution is 0.0312. The molecule has 1 aliphatic heterocycles. The molecule has 0 spiro atoms. The molecule has 3 rings (SSSR count). The molecule has 1 saturated heterocycles. The third kappa shape index (κ3) is 2.12. The highest BCUT2D eigenvalue weighted by Crippen LogP contribution is 2.46. The molecule has 0 amide bonds. The van der Waals surface area contributed by atoms with Gasteiger partial charge in [0.1, 0.15) is 0 Å². The van der Waals surface area contributed by atoms with Gasteiger partial charge in [0.15, 0.2) is 0 Å². The molecule has 2 heteroatoms. The van der Waals surface area contributed by atoms with Gasteiger partial charge in [0.25, 0.3) is 0 Å². The van der Waals surface area contributed by atoms with E-state index in [4.69, 9.17) is 5.73 Å². The van der Waals surface area contributed by atoms with Crippen molar-refractivity contribution in [2.24, 2.45) is 29.4 Å². The minimum Gasteiger partial charge on any atom is -0.329 e. The van der Waals surface area contributed by atoms with Crippen LogP contribution < -0.4 is 5.73 Å². The van der Waals surface area contributed by atoms with Crippen molar-refractivity contribution in [3.63, 3.8) is 0 Å². The van der Waals surface area contributed by atoms with Crippen LogP contribution in [0.2, 0.25) is 0 Å². The molecule has 0 aromatic carbocycles. The first-order valence-electron chi connectivity index (χ1n) is 8.08. The van der Waals surface area contributed by atoms with Gasteiger partial charge in [-0.3, -0.25) is 4.90 Å². The number of rotatable bonds is 2. The summed E-state index contributed by atoms with van der Waals surface area (Å²) in [5.74, 6) is 3.72. The molecular formula is C16H30N2. The van der Waals surface area contributed by atoms with Crippen LogP contribution in [0.4, 0.5) is 0 Å². The summed E-state index contributed by atoms with van der Waals surface area (Å²) in [6.07, 6.45) is 8.52. The van der Waals surface area contributed by atoms with E-state index in [2.05, 4.69) is 18.7 Å². The van der Waals surface area contributed by atoms with E-state index in [-0.39, 0.29) is 0 Å². The van der Waals surface area contributed by atoms with E-state index in [1.54, 1.807) is 0 Å². The molecule has 1 heterocycles. The third-order valence-electron chi connectivity index (χ3n) is 6.04. The van der Waals surface area contributed by atoms with Gasteiger partial charge in [0.05, 0.1) is 0 Å². The molecule has 3 aliphatic rings. The summed E-state index contributed by atoms with van der Waals surface area (Å²) in [6.45, 7) is 8.43. The average Bonchev–Trinajstić information content (AvgIpc) is 2.87. The van der Waals surface area contributed by atoms with Gasteiger partial charge in [0.2, 0.25) is 0 Å². The first-order valence-corrected chi connectivity index (χ1v) is 8.08. The molecule has 2 N–H and O–H groups in total. The second kappa shape index (κ2) is 4.79. The van der Waals surface area contributed by atoms with Crippen LogP contribution in [-0.4, -0.2) is 30.1 Å². The van der Waals surface area contributed by atoms with Gasteiger partial charge in [-0.1, -0.05) is 20.3 Å². The maximum Gasteiger partial charge on any atom is 0.0337 e. The largest absolute Gasteiger partial charge is 0.329 e. The van der Waals surface area contributed by atoms with Gasteiger partial charge in [-0.25, -0.2) is 0 Å². The summed E-state index contributed by atoms with van der Waals surface area (Å²) >= 11 is 0. The third-order valence-corrected chi connectivity index (χ3v) is 6.04. The van der Waals surface area contributed by atoms with Gasteiger partial charge in [0, 0.05) is 25.2 Å². The van der Waals surface area contributed by atoms with E-state index in [1.165, 1.54) is 51.6 Å². The lowest BCUT2D eigenvalue weighted by Crippen LogP contribution is -2.56. The minimum absolute atomic E-state index is 0.349. The SMILES string of the molecule is CC1CC(C)CC(CN)(N2CC3CCCC3C2)C1. The second-order valence-electron chi connectivity index (χ2n) is 7.64. The van der Waals surface area contributed by atoms with Crippen molar-refractivity contribution >= 4 is 0 Å². The first-order chi connectivity index (χ1) is 8.63. The maximum absolute atomic E-state index is 6.25. The standard InChI is InChI=1S/C16H30N2/c1-12-6-13(2)8-16(7-12,11-17)18-9-14-4-3-5-15(14)10-18/h12-15H,3-11,17H2,1-2H3. The monoisotopic (exact) mass is 250 g/mol. The predicted octanol–water partition coefficient (Wildman–Crippen LogP) is 2.87. The van der Waals surface area contributed by atoms with Crippen molar-refractivity contribution in [1.29, 1.82) is 0 Å². The summed E-state index contributed by atoms with van der Waals surface area (Å²) in [7, 11) is 0. The van der Waals surface area contributed by atoms with Crippen molar-refractivity contribution < 1.29 is 0 Å². The quantitative estimate of drug-likeness (QED) is 0.816. The van der Waals surface area contributed by atoms with Crippen LogP contribution in [0.5, 0.6) is 0 Å². The van der Waals surface area contributed by atoms with Crippen molar-refractivity contribution in [1.82, 2.24) is 4.90 Å². The highest BCUT2D eigenvalue weighted by atomic mass is 15.2. The smallest absolute Gasteiger partial charge is 0.0337 e. The Balaban J connectivity index is 1.75. The fourth-order valence-electron chi connectivity index (χ4n) is 5.41. The second-order valence-corrected chi connectivity index (χ2v) is 7.64. The van der Waals surface area contributed by atoms with Crippen molar-refractivity contribution in [3.05, 3.63) is 0 Å². The van der Waals surface area contributed by atoms with Gasteiger partial charge < -0.3 is 5.73 Å². The van der Waals surface area contributed by atoms with E-state index in [0.29, 0.717) is 5.54 Å². The van der Waals surface area contributed by atoms with Gasteiger partial charge in [-0.15, -0.1) is 0 Å². The lowest BCUT2D eigenvalue weighted by atomic mass is 9.70. The summed E-state index contributed by atoms with van der Waals surface area (Å²) in [5.41, 5.74) is 6.60. The topological polar surface area (TPSA) is 29.3 Å². The highest BCUT2D eigenvalue weighted by molar-refractivity contribution is 5.02. The molecule has 0 bridgehead atoms. The van der Waals surface area contributed by atoms with Crippen LogP contribution in [-0.2, 0) is 0 Å². The van der Waals surface area contributed by atoms with Gasteiger partial charge >= 0.3 is 0 Å². The summed E-state index contributed by atoms with van der Waals surface area (Å²) < 4.78 is 0. The van der Waals surface area contributed by atoms with E-state index in [9.17, 15) is 0 Å². The van der Waals surface area contributed by atoms with Gasteiger partial charge in [-0.2, -0.15) is 0 Å². The molecule has 2 nitrogen and oxygen atoms in total. The Morgan fingerprint density at radius 1 is 1.06 bits per heavy atom. The van der Waals surface area contributed by atoms with Crippen LogP contribution in [0.1, 0.15) is 52.4 Å². The van der Waals surface area contributed by atoms with E-state index in [0.717, 1.165) is 30.2 Å². The number of likely N-dealkylation sites (tertiary alicyclic amines) is 1. The molecule has 4 atom stereocenters. The number of hydrogen-bond donors (Lipinski definition) is 1. The van der Waals surface area contributed by atoms with Crippen molar-refractivity contribution in [2.75, 3.05) is 19.6 Å². The fourth-order valence-corrected chi connectivity index (χ4v) is 5.41. The van der Waals surface area contributed by atoms with Crippen LogP contribution in [0, 0.1) is 23.7 Å². The van der Waals surface area contributed by atoms with Crippen molar-refractivity contribution in [2.45, 2.75) is 57.9 Å². The lowest BCUT2D eigenvalue weighted by Gasteiger charge is -2.48. The van der Waals surface area contributed by atoms with E-state index >= 15 is 0 Å². The number of fused-ring (bicyclic) bond motifs is 1. The molecule has 0 aromatic rings. The molecular weight excluding hydrogens is 220 g/mol. The molecule has 0 radical (unpaired) electrons. The molecule has 2 aliphatic carbocycles. The summed E-state index contributed by atoms with van der Waals surface area (Å²) in [6, 6.07) is 0. The van der Waals surface area contributed by atoms with Crippen LogP contribution in [0.15, 0.2) is 0 Å². The molecule has 18 heavy (non-hydrogen) atoms. The molecule has 2 saturated carbocycles. The molecule has 104 valence electrons. The molecule has 3 fully saturated rings. The maximum atomic E-state index is 6.25. The van der Waals surface area contributed by atoms with E-state index < -0.39 is 0 Å². The number of nitrogens with zero attached hydrogens (tertiary/aromatic N) is 1. The van der Waals surface area contributed by atoms with Crippen molar-refractivity contribution in [3.8, 4) is 0 Å². The zero-order valence-corrected chi connectivity index (χ0v) is 12.2. The fraction of sp³-hybridized carbons (Fsp3) is 1.00. The molecule has 4 unspecified atom stereocenters. The Hall–Kier alpha value is -0.0800. The average molecular weight is 250 g/mol. The highest BCUT2D eigenvalue weighted by Gasteiger charge is 2.47. The summed E-state index contributed by atoms with van der Waals surface area (Å²) in [5, 5.41) is 0. The minimum atomic E-state index is 0.349. The van der Waals surface area contributed by atoms with Crippen LogP contribution in [0.25, 0.3) is 0 Å². The number of hydrogen-bond acceptors (Lipinski definition) is 2. The normalized spacial score (nSPS) is 49.5. The van der Waals surface area contributed by atoms with Gasteiger partial charge in [-0.05, 0) is 55.8 Å². The first kappa shape index (κ1) is 12.9. The zero-order chi connectivity index (χ0) is 12.8. The Labute approximate surface area is 112 Å². The Bertz CT molecular complexity index is 279. The van der Waals surface area contributed by atoms with Crippen LogP contribution >= 0.6 is 0 Å². The molecule has 0 aromatic heterocycles. The summed E-state index contributed by atoms with van der Waals surface area (Å²) in [4.78, 5) is 2.81. The number of nitrogens with two attached hydrogens (primary N) is 1. The predicted molar refractivity (Wildman–Crippen MR) is 76.4 cm³/mol. The van der Waals surface area contributed by atoms with E-state index in [1.807, 2.05) is 0 Å². The Kier molecular flexibility index (Phi) is 3.44. The Morgan fingerprint density at radius 2 is 1.61 bits per heavy atom.